The minimum atomic E-state index is -0.387. The zero-order valence-corrected chi connectivity index (χ0v) is 14.8. The number of aryl methyl sites for hydroxylation is 1. The van der Waals surface area contributed by atoms with Gasteiger partial charge in [0.1, 0.15) is 0 Å². The fourth-order valence-electron chi connectivity index (χ4n) is 1.52. The summed E-state index contributed by atoms with van der Waals surface area (Å²) in [6.07, 6.45) is 0.846. The summed E-state index contributed by atoms with van der Waals surface area (Å²) in [6.45, 7) is 5.65. The maximum atomic E-state index is 11.6. The number of benzene rings is 1. The monoisotopic (exact) mass is 373 g/mol. The van der Waals surface area contributed by atoms with E-state index in [0.717, 1.165) is 21.4 Å². The van der Waals surface area contributed by atoms with Crippen LogP contribution in [0.5, 0.6) is 0 Å². The molecule has 0 aromatic heterocycles. The van der Waals surface area contributed by atoms with Gasteiger partial charge in [0.2, 0.25) is 0 Å². The summed E-state index contributed by atoms with van der Waals surface area (Å²) >= 11 is 4.80. The van der Waals surface area contributed by atoms with Crippen molar-refractivity contribution in [3.63, 3.8) is 0 Å². The van der Waals surface area contributed by atoms with Gasteiger partial charge in [-0.15, -0.1) is 11.8 Å². The van der Waals surface area contributed by atoms with E-state index < -0.39 is 0 Å². The van der Waals surface area contributed by atoms with Gasteiger partial charge in [-0.05, 0) is 44.0 Å². The number of ether oxygens (including phenoxy) is 1. The van der Waals surface area contributed by atoms with Crippen LogP contribution >= 0.6 is 27.7 Å². The quantitative estimate of drug-likeness (QED) is 0.588. The number of hydrogen-bond acceptors (Lipinski definition) is 4. The van der Waals surface area contributed by atoms with Crippen molar-refractivity contribution in [1.29, 1.82) is 0 Å². The van der Waals surface area contributed by atoms with Crippen molar-refractivity contribution in [2.24, 2.45) is 0 Å². The maximum Gasteiger partial charge on any atom is 0.316 e. The average Bonchev–Trinajstić information content (AvgIpc) is 2.44. The Morgan fingerprint density at radius 3 is 2.76 bits per heavy atom. The van der Waals surface area contributed by atoms with E-state index in [1.807, 2.05) is 39.0 Å². The third kappa shape index (κ3) is 7.00. The van der Waals surface area contributed by atoms with Crippen molar-refractivity contribution < 1.29 is 14.3 Å². The molecule has 1 rings (SSSR count). The lowest BCUT2D eigenvalue weighted by atomic mass is 10.2. The molecule has 0 saturated heterocycles. The molecule has 0 unspecified atom stereocenters. The Kier molecular flexibility index (Phi) is 7.82. The largest absolute Gasteiger partial charge is 0.455 e. The second kappa shape index (κ2) is 9.10. The number of rotatable bonds is 7. The predicted octanol–water partition coefficient (Wildman–Crippen LogP) is 3.31. The van der Waals surface area contributed by atoms with Gasteiger partial charge in [0.05, 0.1) is 5.75 Å². The van der Waals surface area contributed by atoms with E-state index >= 15 is 0 Å². The first kappa shape index (κ1) is 18.0. The van der Waals surface area contributed by atoms with Gasteiger partial charge >= 0.3 is 5.97 Å². The topological polar surface area (TPSA) is 55.4 Å². The van der Waals surface area contributed by atoms with Crippen LogP contribution in [-0.2, 0) is 14.3 Å². The normalized spacial score (nSPS) is 11.8. The molecule has 4 nitrogen and oxygen atoms in total. The zero-order valence-electron chi connectivity index (χ0n) is 12.4. The smallest absolute Gasteiger partial charge is 0.316 e. The highest BCUT2D eigenvalue weighted by atomic mass is 79.9. The summed E-state index contributed by atoms with van der Waals surface area (Å²) in [7, 11) is 0. The summed E-state index contributed by atoms with van der Waals surface area (Å²) in [4.78, 5) is 24.1. The summed E-state index contributed by atoms with van der Waals surface area (Å²) < 4.78 is 5.96. The SMILES string of the molecule is CC[C@@H](C)NC(=O)COC(=O)CSc1ccc(Br)cc1C. The minimum Gasteiger partial charge on any atom is -0.455 e. The number of esters is 1. The molecule has 0 bridgehead atoms. The Morgan fingerprint density at radius 1 is 1.43 bits per heavy atom. The molecule has 0 heterocycles. The number of amides is 1. The molecule has 1 atom stereocenters. The van der Waals surface area contributed by atoms with Gasteiger partial charge in [0.25, 0.3) is 5.91 Å². The molecule has 0 radical (unpaired) electrons. The van der Waals surface area contributed by atoms with E-state index in [1.54, 1.807) is 0 Å². The van der Waals surface area contributed by atoms with Crippen LogP contribution in [0.4, 0.5) is 0 Å². The number of carbonyl (C=O) groups excluding carboxylic acids is 2. The van der Waals surface area contributed by atoms with E-state index in [1.165, 1.54) is 11.8 Å². The molecule has 0 fully saturated rings. The number of nitrogens with one attached hydrogen (secondary N) is 1. The molecular formula is C15H20BrNO3S. The zero-order chi connectivity index (χ0) is 15.8. The molecule has 0 aliphatic carbocycles. The van der Waals surface area contributed by atoms with Crippen LogP contribution in [0.15, 0.2) is 27.6 Å². The highest BCUT2D eigenvalue weighted by Gasteiger charge is 2.10. The van der Waals surface area contributed by atoms with Gasteiger partial charge in [-0.25, -0.2) is 0 Å². The van der Waals surface area contributed by atoms with E-state index in [0.29, 0.717) is 0 Å². The van der Waals surface area contributed by atoms with Gasteiger partial charge in [-0.1, -0.05) is 22.9 Å². The summed E-state index contributed by atoms with van der Waals surface area (Å²) in [5.74, 6) is -0.455. The van der Waals surface area contributed by atoms with Crippen LogP contribution in [0, 0.1) is 6.92 Å². The summed E-state index contributed by atoms with van der Waals surface area (Å²) in [5, 5.41) is 2.75. The second-order valence-electron chi connectivity index (χ2n) is 4.74. The first-order valence-electron chi connectivity index (χ1n) is 6.76. The third-order valence-electron chi connectivity index (χ3n) is 2.87. The van der Waals surface area contributed by atoms with Crippen molar-refractivity contribution in [3.05, 3.63) is 28.2 Å². The molecule has 1 amide bonds. The Morgan fingerprint density at radius 2 is 2.14 bits per heavy atom. The van der Waals surface area contributed by atoms with Crippen LogP contribution in [0.2, 0.25) is 0 Å². The highest BCUT2D eigenvalue weighted by molar-refractivity contribution is 9.10. The van der Waals surface area contributed by atoms with Gasteiger partial charge in [-0.2, -0.15) is 0 Å². The van der Waals surface area contributed by atoms with E-state index in [-0.39, 0.29) is 30.3 Å². The number of hydrogen-bond donors (Lipinski definition) is 1. The van der Waals surface area contributed by atoms with Crippen LogP contribution in [-0.4, -0.2) is 30.3 Å². The molecule has 0 saturated carbocycles. The molecule has 1 aromatic rings. The minimum absolute atomic E-state index is 0.0935. The number of carbonyl (C=O) groups is 2. The standard InChI is InChI=1S/C15H20BrNO3S/c1-4-11(3)17-14(18)8-20-15(19)9-21-13-6-5-12(16)7-10(13)2/h5-7,11H,4,8-9H2,1-3H3,(H,17,18)/t11-/m1/s1. The lowest BCUT2D eigenvalue weighted by Crippen LogP contribution is -2.35. The Balaban J connectivity index is 2.32. The lowest BCUT2D eigenvalue weighted by Gasteiger charge is -2.11. The molecule has 1 N–H and O–H groups in total. The van der Waals surface area contributed by atoms with E-state index in [4.69, 9.17) is 4.74 Å². The first-order valence-corrected chi connectivity index (χ1v) is 8.54. The lowest BCUT2D eigenvalue weighted by molar-refractivity contribution is -0.146. The summed E-state index contributed by atoms with van der Waals surface area (Å²) in [6, 6.07) is 5.97. The second-order valence-corrected chi connectivity index (χ2v) is 6.67. The summed E-state index contributed by atoms with van der Waals surface area (Å²) in [5.41, 5.74) is 1.09. The number of thioether (sulfide) groups is 1. The molecule has 0 aliphatic rings. The van der Waals surface area contributed by atoms with Crippen molar-refractivity contribution >= 4 is 39.6 Å². The van der Waals surface area contributed by atoms with Gasteiger partial charge in [0, 0.05) is 15.4 Å². The Bertz CT molecular complexity index is 508. The van der Waals surface area contributed by atoms with Gasteiger partial charge in [-0.3, -0.25) is 9.59 Å². The molecule has 0 aliphatic heterocycles. The van der Waals surface area contributed by atoms with Crippen LogP contribution in [0.1, 0.15) is 25.8 Å². The molecule has 116 valence electrons. The third-order valence-corrected chi connectivity index (χ3v) is 4.51. The van der Waals surface area contributed by atoms with Crippen molar-refractivity contribution in [2.75, 3.05) is 12.4 Å². The number of halogens is 1. The van der Waals surface area contributed by atoms with Gasteiger partial charge < -0.3 is 10.1 Å². The van der Waals surface area contributed by atoms with E-state index in [9.17, 15) is 9.59 Å². The molecule has 0 spiro atoms. The van der Waals surface area contributed by atoms with E-state index in [2.05, 4.69) is 21.2 Å². The fraction of sp³-hybridized carbons (Fsp3) is 0.467. The molecular weight excluding hydrogens is 354 g/mol. The Labute approximate surface area is 138 Å². The first-order chi connectivity index (χ1) is 9.92. The van der Waals surface area contributed by atoms with Crippen molar-refractivity contribution in [3.8, 4) is 0 Å². The van der Waals surface area contributed by atoms with Crippen molar-refractivity contribution in [2.45, 2.75) is 38.1 Å². The highest BCUT2D eigenvalue weighted by Crippen LogP contribution is 2.25. The maximum absolute atomic E-state index is 11.6. The van der Waals surface area contributed by atoms with Crippen LogP contribution < -0.4 is 5.32 Å². The molecule has 21 heavy (non-hydrogen) atoms. The van der Waals surface area contributed by atoms with Crippen LogP contribution in [0.3, 0.4) is 0 Å². The Hall–Kier alpha value is -1.01. The molecule has 1 aromatic carbocycles. The van der Waals surface area contributed by atoms with Gasteiger partial charge in [0.15, 0.2) is 6.61 Å². The predicted molar refractivity (Wildman–Crippen MR) is 88.5 cm³/mol. The molecule has 6 heteroatoms. The van der Waals surface area contributed by atoms with Crippen molar-refractivity contribution in [1.82, 2.24) is 5.32 Å². The fourth-order valence-corrected chi connectivity index (χ4v) is 2.80. The van der Waals surface area contributed by atoms with Crippen LogP contribution in [0.25, 0.3) is 0 Å². The average molecular weight is 374 g/mol.